The third-order valence-electron chi connectivity index (χ3n) is 12.2. The van der Waals surface area contributed by atoms with Crippen molar-refractivity contribution in [3.63, 3.8) is 0 Å². The largest absolute Gasteiger partial charge is 0.463 e. The van der Waals surface area contributed by atoms with E-state index in [0.717, 1.165) is 57.8 Å². The number of ether oxygens (including phenoxy) is 3. The normalized spacial score (nSPS) is 12.4. The van der Waals surface area contributed by atoms with Crippen LogP contribution in [0.4, 0.5) is 0 Å². The Morgan fingerprint density at radius 3 is 1.00 bits per heavy atom. The molecule has 0 aromatic carbocycles. The van der Waals surface area contributed by atoms with Gasteiger partial charge in [0.05, 0.1) is 0 Å². The standard InChI is InChI=1S/C57H106O5/c1-4-7-10-13-16-19-22-25-27-29-30-33-36-39-42-45-48-51-57(59)62-54-55(53-61-56(58)50-47-44-41-38-35-32-24-21-18-15-12-9-6-3)60-52-49-46-43-40-37-34-31-28-26-23-20-17-14-11-8-5-2/h16,19,21,24-25,27,55H,4-15,17-18,20,22-23,26,28-54H2,1-3H3/b19-16-,24-21-,27-25-/t55-/m0/s1. The van der Waals surface area contributed by atoms with E-state index in [2.05, 4.69) is 57.2 Å². The van der Waals surface area contributed by atoms with Crippen LogP contribution in [0.2, 0.25) is 0 Å². The molecule has 5 heteroatoms. The first-order valence-electron chi connectivity index (χ1n) is 27.5. The maximum atomic E-state index is 12.6. The van der Waals surface area contributed by atoms with E-state index in [1.54, 1.807) is 0 Å². The second-order valence-corrected chi connectivity index (χ2v) is 18.5. The molecule has 0 unspecified atom stereocenters. The second-order valence-electron chi connectivity index (χ2n) is 18.5. The van der Waals surface area contributed by atoms with Gasteiger partial charge in [-0.15, -0.1) is 0 Å². The van der Waals surface area contributed by atoms with Crippen molar-refractivity contribution in [3.8, 4) is 0 Å². The van der Waals surface area contributed by atoms with Crippen molar-refractivity contribution in [3.05, 3.63) is 36.5 Å². The topological polar surface area (TPSA) is 61.8 Å². The number of esters is 2. The van der Waals surface area contributed by atoms with Gasteiger partial charge in [-0.2, -0.15) is 0 Å². The zero-order chi connectivity index (χ0) is 44.9. The summed E-state index contributed by atoms with van der Waals surface area (Å²) in [6.45, 7) is 7.72. The molecular weight excluding hydrogens is 765 g/mol. The molecule has 0 radical (unpaired) electrons. The molecule has 0 aliphatic rings. The summed E-state index contributed by atoms with van der Waals surface area (Å²) in [5, 5.41) is 0. The molecule has 0 spiro atoms. The Hall–Kier alpha value is -1.88. The second kappa shape index (κ2) is 53.5. The van der Waals surface area contributed by atoms with E-state index in [9.17, 15) is 9.59 Å². The lowest BCUT2D eigenvalue weighted by Crippen LogP contribution is -2.29. The van der Waals surface area contributed by atoms with Crippen molar-refractivity contribution >= 4 is 11.9 Å². The van der Waals surface area contributed by atoms with Crippen molar-refractivity contribution in [2.45, 2.75) is 297 Å². The molecule has 0 fully saturated rings. The molecule has 0 heterocycles. The summed E-state index contributed by atoms with van der Waals surface area (Å²) >= 11 is 0. The van der Waals surface area contributed by atoms with Gasteiger partial charge in [0.25, 0.3) is 0 Å². The van der Waals surface area contributed by atoms with E-state index >= 15 is 0 Å². The van der Waals surface area contributed by atoms with Gasteiger partial charge in [0, 0.05) is 19.4 Å². The van der Waals surface area contributed by atoms with Crippen LogP contribution >= 0.6 is 0 Å². The van der Waals surface area contributed by atoms with Crippen LogP contribution in [-0.4, -0.2) is 37.9 Å². The molecule has 0 bridgehead atoms. The maximum Gasteiger partial charge on any atom is 0.305 e. The third kappa shape index (κ3) is 50.8. The first-order valence-corrected chi connectivity index (χ1v) is 27.5. The lowest BCUT2D eigenvalue weighted by Gasteiger charge is -2.18. The van der Waals surface area contributed by atoms with Crippen LogP contribution < -0.4 is 0 Å². The van der Waals surface area contributed by atoms with Gasteiger partial charge in [-0.05, 0) is 77.0 Å². The van der Waals surface area contributed by atoms with Gasteiger partial charge in [-0.25, -0.2) is 0 Å². The van der Waals surface area contributed by atoms with Crippen molar-refractivity contribution < 1.29 is 23.8 Å². The molecule has 0 aromatic rings. The van der Waals surface area contributed by atoms with Crippen molar-refractivity contribution in [2.24, 2.45) is 0 Å². The fraction of sp³-hybridized carbons (Fsp3) is 0.860. The van der Waals surface area contributed by atoms with Gasteiger partial charge < -0.3 is 14.2 Å². The highest BCUT2D eigenvalue weighted by molar-refractivity contribution is 5.69. The van der Waals surface area contributed by atoms with Gasteiger partial charge in [-0.3, -0.25) is 9.59 Å². The molecule has 0 aliphatic carbocycles. The SMILES string of the molecule is CCCCC/C=C\C/C=C\CCCCCCCCCC(=O)OC[C@H](COC(=O)CCCCCCC/C=C\CCCCCC)OCCCCCCCCCCCCCCCCCC. The van der Waals surface area contributed by atoms with Gasteiger partial charge >= 0.3 is 11.9 Å². The summed E-state index contributed by atoms with van der Waals surface area (Å²) in [6.07, 6.45) is 64.6. The van der Waals surface area contributed by atoms with Crippen molar-refractivity contribution in [1.29, 1.82) is 0 Å². The van der Waals surface area contributed by atoms with Crippen molar-refractivity contribution in [1.82, 2.24) is 0 Å². The average molecular weight is 871 g/mol. The smallest absolute Gasteiger partial charge is 0.305 e. The van der Waals surface area contributed by atoms with E-state index < -0.39 is 6.10 Å². The summed E-state index contributed by atoms with van der Waals surface area (Å²) in [5.74, 6) is -0.340. The van der Waals surface area contributed by atoms with Gasteiger partial charge in [0.1, 0.15) is 19.3 Å². The maximum absolute atomic E-state index is 12.6. The number of hydrogen-bond donors (Lipinski definition) is 0. The van der Waals surface area contributed by atoms with E-state index in [1.807, 2.05) is 0 Å². The summed E-state index contributed by atoms with van der Waals surface area (Å²) in [6, 6.07) is 0. The van der Waals surface area contributed by atoms with Crippen LogP contribution in [0.3, 0.4) is 0 Å². The lowest BCUT2D eigenvalue weighted by atomic mass is 10.0. The van der Waals surface area contributed by atoms with Crippen LogP contribution in [0.15, 0.2) is 36.5 Å². The van der Waals surface area contributed by atoms with Crippen molar-refractivity contribution in [2.75, 3.05) is 19.8 Å². The van der Waals surface area contributed by atoms with Gasteiger partial charge in [0.15, 0.2) is 0 Å². The highest BCUT2D eigenvalue weighted by Crippen LogP contribution is 2.16. The summed E-state index contributed by atoms with van der Waals surface area (Å²) in [5.41, 5.74) is 0. The molecule has 0 aromatic heterocycles. The first kappa shape index (κ1) is 60.1. The Bertz CT molecular complexity index is 986. The molecule has 0 saturated carbocycles. The minimum atomic E-state index is -0.402. The number of carbonyl (C=O) groups is 2. The predicted octanol–water partition coefficient (Wildman–Crippen LogP) is 18.6. The van der Waals surface area contributed by atoms with Gasteiger partial charge in [-0.1, -0.05) is 237 Å². The van der Waals surface area contributed by atoms with E-state index in [1.165, 1.54) is 199 Å². The molecule has 364 valence electrons. The molecule has 5 nitrogen and oxygen atoms in total. The Morgan fingerprint density at radius 1 is 0.339 bits per heavy atom. The Labute approximate surface area is 387 Å². The molecule has 0 aliphatic heterocycles. The van der Waals surface area contributed by atoms with Crippen LogP contribution in [-0.2, 0) is 23.8 Å². The predicted molar refractivity (Wildman–Crippen MR) is 270 cm³/mol. The Kier molecular flexibility index (Phi) is 51.8. The number of unbranched alkanes of at least 4 members (excludes halogenated alkanes) is 34. The van der Waals surface area contributed by atoms with Crippen LogP contribution in [0.5, 0.6) is 0 Å². The van der Waals surface area contributed by atoms with E-state index in [0.29, 0.717) is 19.4 Å². The molecule has 0 rings (SSSR count). The fourth-order valence-corrected chi connectivity index (χ4v) is 7.98. The van der Waals surface area contributed by atoms with Crippen LogP contribution in [0, 0.1) is 0 Å². The fourth-order valence-electron chi connectivity index (χ4n) is 7.98. The first-order chi connectivity index (χ1) is 30.6. The Morgan fingerprint density at radius 2 is 0.613 bits per heavy atom. The minimum absolute atomic E-state index is 0.154. The van der Waals surface area contributed by atoms with E-state index in [4.69, 9.17) is 14.2 Å². The summed E-state index contributed by atoms with van der Waals surface area (Å²) in [4.78, 5) is 25.2. The molecule has 0 N–H and O–H groups in total. The minimum Gasteiger partial charge on any atom is -0.463 e. The van der Waals surface area contributed by atoms with Gasteiger partial charge in [0.2, 0.25) is 0 Å². The monoisotopic (exact) mass is 871 g/mol. The number of rotatable bonds is 51. The number of carbonyl (C=O) groups excluding carboxylic acids is 2. The lowest BCUT2D eigenvalue weighted by molar-refractivity contribution is -0.155. The average Bonchev–Trinajstić information content (AvgIpc) is 3.28. The summed E-state index contributed by atoms with van der Waals surface area (Å²) < 4.78 is 17.5. The van der Waals surface area contributed by atoms with E-state index in [-0.39, 0.29) is 25.2 Å². The third-order valence-corrected chi connectivity index (χ3v) is 12.2. The zero-order valence-electron chi connectivity index (χ0n) is 41.9. The number of hydrogen-bond acceptors (Lipinski definition) is 5. The van der Waals surface area contributed by atoms with Crippen LogP contribution in [0.25, 0.3) is 0 Å². The molecule has 1 atom stereocenters. The highest BCUT2D eigenvalue weighted by atomic mass is 16.6. The Balaban J connectivity index is 4.24. The molecule has 0 amide bonds. The van der Waals surface area contributed by atoms with Crippen LogP contribution in [0.1, 0.15) is 290 Å². The molecule has 62 heavy (non-hydrogen) atoms. The quantitative estimate of drug-likeness (QED) is 0.0346. The molecule has 0 saturated heterocycles. The number of allylic oxidation sites excluding steroid dienone is 6. The zero-order valence-corrected chi connectivity index (χ0v) is 41.9. The highest BCUT2D eigenvalue weighted by Gasteiger charge is 2.16. The summed E-state index contributed by atoms with van der Waals surface area (Å²) in [7, 11) is 0. The molecular formula is C57H106O5.